The van der Waals surface area contributed by atoms with E-state index < -0.39 is 14.9 Å². The zero-order valence-corrected chi connectivity index (χ0v) is 16.4. The molecule has 0 aliphatic carbocycles. The van der Waals surface area contributed by atoms with E-state index in [-0.39, 0.29) is 24.0 Å². The van der Waals surface area contributed by atoms with Gasteiger partial charge in [-0.2, -0.15) is 4.31 Å². The van der Waals surface area contributed by atoms with Crippen molar-refractivity contribution in [3.05, 3.63) is 57.9 Å². The number of nitro benzene ring substituents is 1. The van der Waals surface area contributed by atoms with Crippen molar-refractivity contribution in [2.24, 2.45) is 0 Å². The smallest absolute Gasteiger partial charge is 0.270 e. The van der Waals surface area contributed by atoms with Gasteiger partial charge in [-0.15, -0.1) is 0 Å². The second kappa shape index (κ2) is 8.03. The Hall–Kier alpha value is -2.60. The van der Waals surface area contributed by atoms with Crippen molar-refractivity contribution < 1.29 is 22.8 Å². The van der Waals surface area contributed by atoms with E-state index in [0.29, 0.717) is 49.6 Å². The van der Waals surface area contributed by atoms with Gasteiger partial charge >= 0.3 is 0 Å². The number of pyridine rings is 1. The maximum atomic E-state index is 12.7. The van der Waals surface area contributed by atoms with Crippen LogP contribution in [0.2, 0.25) is 0 Å². The van der Waals surface area contributed by atoms with Gasteiger partial charge in [0.05, 0.1) is 11.5 Å². The van der Waals surface area contributed by atoms with Gasteiger partial charge in [0, 0.05) is 68.4 Å². The number of hydrogen-bond acceptors (Lipinski definition) is 8. The van der Waals surface area contributed by atoms with Crippen molar-refractivity contribution in [1.82, 2.24) is 14.2 Å². The minimum Gasteiger partial charge on any atom is -0.467 e. The number of fused-ring (bicyclic) bond motifs is 1. The predicted octanol–water partition coefficient (Wildman–Crippen LogP) is 1.36. The van der Waals surface area contributed by atoms with Crippen LogP contribution in [0.4, 0.5) is 5.69 Å². The summed E-state index contributed by atoms with van der Waals surface area (Å²) in [6, 6.07) is 6.11. The SMILES string of the molecule is O=[N+]([O-])c1cc2c(c(CN3CCN(S(=O)(=O)c4cccnc4)CC3)c1)OCOC2. The van der Waals surface area contributed by atoms with E-state index >= 15 is 0 Å². The Balaban J connectivity index is 1.48. The van der Waals surface area contributed by atoms with Crippen LogP contribution in [0, 0.1) is 10.1 Å². The molecule has 1 saturated heterocycles. The molecule has 0 N–H and O–H groups in total. The molecule has 29 heavy (non-hydrogen) atoms. The van der Waals surface area contributed by atoms with Crippen molar-refractivity contribution in [1.29, 1.82) is 0 Å². The van der Waals surface area contributed by atoms with Crippen LogP contribution in [0.5, 0.6) is 5.75 Å². The first-order chi connectivity index (χ1) is 13.9. The zero-order valence-electron chi connectivity index (χ0n) is 15.6. The Morgan fingerprint density at radius 2 is 2.00 bits per heavy atom. The number of nitrogens with zero attached hydrogens (tertiary/aromatic N) is 4. The van der Waals surface area contributed by atoms with Gasteiger partial charge in [0.1, 0.15) is 10.6 Å². The third kappa shape index (κ3) is 4.08. The van der Waals surface area contributed by atoms with E-state index in [1.807, 2.05) is 0 Å². The van der Waals surface area contributed by atoms with E-state index in [1.165, 1.54) is 34.9 Å². The summed E-state index contributed by atoms with van der Waals surface area (Å²) < 4.78 is 37.7. The van der Waals surface area contributed by atoms with Gasteiger partial charge < -0.3 is 9.47 Å². The van der Waals surface area contributed by atoms with Crippen molar-refractivity contribution in [2.45, 2.75) is 18.0 Å². The number of non-ortho nitro benzene ring substituents is 1. The maximum Gasteiger partial charge on any atom is 0.270 e. The molecule has 1 aromatic carbocycles. The molecular weight excluding hydrogens is 400 g/mol. The van der Waals surface area contributed by atoms with Crippen LogP contribution in [-0.2, 0) is 27.9 Å². The fourth-order valence-electron chi connectivity index (χ4n) is 3.52. The van der Waals surface area contributed by atoms with E-state index in [4.69, 9.17) is 9.47 Å². The average molecular weight is 420 g/mol. The molecule has 0 bridgehead atoms. The number of nitro groups is 1. The summed E-state index contributed by atoms with van der Waals surface area (Å²) in [5.74, 6) is 0.618. The third-order valence-electron chi connectivity index (χ3n) is 4.98. The highest BCUT2D eigenvalue weighted by Gasteiger charge is 2.30. The number of benzene rings is 1. The molecule has 0 unspecified atom stereocenters. The van der Waals surface area contributed by atoms with Crippen molar-refractivity contribution in [3.63, 3.8) is 0 Å². The summed E-state index contributed by atoms with van der Waals surface area (Å²) >= 11 is 0. The lowest BCUT2D eigenvalue weighted by atomic mass is 10.1. The van der Waals surface area contributed by atoms with Crippen molar-refractivity contribution in [2.75, 3.05) is 33.0 Å². The standard InChI is InChI=1S/C18H20N4O6S/c23-22(24)16-8-14(18-15(9-16)12-27-13-28-18)11-20-4-6-21(7-5-20)29(25,26)17-2-1-3-19-10-17/h1-3,8-10H,4-7,11-13H2. The maximum absolute atomic E-state index is 12.7. The predicted molar refractivity (Wildman–Crippen MR) is 102 cm³/mol. The number of aromatic nitrogens is 1. The van der Waals surface area contributed by atoms with Crippen molar-refractivity contribution in [3.8, 4) is 5.75 Å². The molecule has 1 fully saturated rings. The summed E-state index contributed by atoms with van der Waals surface area (Å²) in [4.78, 5) is 16.9. The summed E-state index contributed by atoms with van der Waals surface area (Å²) in [7, 11) is -3.58. The van der Waals surface area contributed by atoms with Crippen LogP contribution in [0.3, 0.4) is 0 Å². The number of sulfonamides is 1. The molecule has 1 aromatic heterocycles. The minimum absolute atomic E-state index is 0.00867. The normalized spacial score (nSPS) is 18.1. The third-order valence-corrected chi connectivity index (χ3v) is 6.86. The summed E-state index contributed by atoms with van der Waals surface area (Å²) in [5.41, 5.74) is 1.35. The molecule has 4 rings (SSSR count). The Morgan fingerprint density at radius 1 is 1.21 bits per heavy atom. The molecule has 0 spiro atoms. The van der Waals surface area contributed by atoms with Gasteiger partial charge in [0.15, 0.2) is 6.79 Å². The van der Waals surface area contributed by atoms with Gasteiger partial charge in [-0.1, -0.05) is 0 Å². The number of rotatable bonds is 5. The van der Waals surface area contributed by atoms with E-state index in [0.717, 1.165) is 0 Å². The first kappa shape index (κ1) is 19.7. The van der Waals surface area contributed by atoms with Crippen LogP contribution >= 0.6 is 0 Å². The second-order valence-corrected chi connectivity index (χ2v) is 8.77. The molecule has 2 aliphatic heterocycles. The Morgan fingerprint density at radius 3 is 2.69 bits per heavy atom. The van der Waals surface area contributed by atoms with Crippen LogP contribution in [0.1, 0.15) is 11.1 Å². The number of hydrogen-bond donors (Lipinski definition) is 0. The lowest BCUT2D eigenvalue weighted by Gasteiger charge is -2.34. The first-order valence-electron chi connectivity index (χ1n) is 9.08. The van der Waals surface area contributed by atoms with E-state index in [2.05, 4.69) is 9.88 Å². The lowest BCUT2D eigenvalue weighted by molar-refractivity contribution is -0.385. The molecule has 2 aromatic rings. The average Bonchev–Trinajstić information content (AvgIpc) is 2.74. The van der Waals surface area contributed by atoms with Crippen LogP contribution in [-0.4, -0.2) is 60.5 Å². The molecule has 0 radical (unpaired) electrons. The van der Waals surface area contributed by atoms with Gasteiger partial charge in [0.25, 0.3) is 5.69 Å². The topological polar surface area (TPSA) is 115 Å². The lowest BCUT2D eigenvalue weighted by Crippen LogP contribution is -2.48. The number of ether oxygens (including phenoxy) is 2. The highest BCUT2D eigenvalue weighted by Crippen LogP contribution is 2.33. The zero-order chi connectivity index (χ0) is 20.4. The molecule has 11 heteroatoms. The highest BCUT2D eigenvalue weighted by molar-refractivity contribution is 7.89. The van der Waals surface area contributed by atoms with Crippen LogP contribution < -0.4 is 4.74 Å². The molecule has 0 saturated carbocycles. The molecule has 154 valence electrons. The van der Waals surface area contributed by atoms with E-state index in [1.54, 1.807) is 6.07 Å². The Bertz CT molecular complexity index is 1010. The van der Waals surface area contributed by atoms with Crippen molar-refractivity contribution >= 4 is 15.7 Å². The van der Waals surface area contributed by atoms with Gasteiger partial charge in [-0.25, -0.2) is 8.42 Å². The van der Waals surface area contributed by atoms with Gasteiger partial charge in [-0.05, 0) is 12.1 Å². The van der Waals surface area contributed by atoms with E-state index in [9.17, 15) is 18.5 Å². The van der Waals surface area contributed by atoms with Crippen LogP contribution in [0.25, 0.3) is 0 Å². The molecule has 2 aliphatic rings. The highest BCUT2D eigenvalue weighted by atomic mass is 32.2. The number of piperazine rings is 1. The first-order valence-corrected chi connectivity index (χ1v) is 10.5. The summed E-state index contributed by atoms with van der Waals surface area (Å²) in [6.45, 7) is 2.48. The summed E-state index contributed by atoms with van der Waals surface area (Å²) in [6.07, 6.45) is 2.88. The largest absolute Gasteiger partial charge is 0.467 e. The monoisotopic (exact) mass is 420 g/mol. The van der Waals surface area contributed by atoms with Gasteiger partial charge in [-0.3, -0.25) is 20.0 Å². The molecule has 0 amide bonds. The molecule has 3 heterocycles. The Kier molecular flexibility index (Phi) is 5.46. The fraction of sp³-hybridized carbons (Fsp3) is 0.389. The Labute approximate surface area is 167 Å². The minimum atomic E-state index is -3.58. The summed E-state index contributed by atoms with van der Waals surface area (Å²) in [5, 5.41) is 11.3. The van der Waals surface area contributed by atoms with Crippen LogP contribution in [0.15, 0.2) is 41.6 Å². The molecule has 0 atom stereocenters. The van der Waals surface area contributed by atoms with Gasteiger partial charge in [0.2, 0.25) is 10.0 Å². The molecule has 10 nitrogen and oxygen atoms in total. The molecular formula is C18H20N4O6S. The second-order valence-electron chi connectivity index (χ2n) is 6.83. The quantitative estimate of drug-likeness (QED) is 0.526. The fourth-order valence-corrected chi connectivity index (χ4v) is 4.91.